The van der Waals surface area contributed by atoms with Crippen LogP contribution in [0.25, 0.3) is 0 Å². The summed E-state index contributed by atoms with van der Waals surface area (Å²) in [6.45, 7) is 3.64. The first-order valence-electron chi connectivity index (χ1n) is 6.01. The van der Waals surface area contributed by atoms with Gasteiger partial charge in [-0.15, -0.1) is 0 Å². The SMILES string of the molecule is CCN(Cc1occc1CN)c1ccccc1F. The zero-order valence-electron chi connectivity index (χ0n) is 10.4. The molecule has 0 saturated carbocycles. The minimum absolute atomic E-state index is 0.222. The van der Waals surface area contributed by atoms with E-state index in [4.69, 9.17) is 10.2 Å². The van der Waals surface area contributed by atoms with Gasteiger partial charge in [0, 0.05) is 18.7 Å². The minimum atomic E-state index is -0.222. The molecule has 0 aliphatic carbocycles. The molecule has 0 saturated heterocycles. The first kappa shape index (κ1) is 12.6. The molecule has 0 aliphatic rings. The van der Waals surface area contributed by atoms with Crippen molar-refractivity contribution in [3.63, 3.8) is 0 Å². The Morgan fingerprint density at radius 1 is 1.28 bits per heavy atom. The van der Waals surface area contributed by atoms with E-state index in [0.717, 1.165) is 11.3 Å². The quantitative estimate of drug-likeness (QED) is 0.884. The van der Waals surface area contributed by atoms with E-state index in [1.807, 2.05) is 24.0 Å². The summed E-state index contributed by atoms with van der Waals surface area (Å²) in [5.41, 5.74) is 7.17. The molecular formula is C14H17FN2O. The lowest BCUT2D eigenvalue weighted by molar-refractivity contribution is 0.496. The largest absolute Gasteiger partial charge is 0.467 e. The molecule has 1 aromatic heterocycles. The maximum Gasteiger partial charge on any atom is 0.146 e. The Bertz CT molecular complexity index is 510. The van der Waals surface area contributed by atoms with Crippen molar-refractivity contribution in [1.29, 1.82) is 0 Å². The molecule has 96 valence electrons. The van der Waals surface area contributed by atoms with E-state index < -0.39 is 0 Å². The molecule has 2 aromatic rings. The summed E-state index contributed by atoms with van der Waals surface area (Å²) in [6, 6.07) is 8.59. The van der Waals surface area contributed by atoms with Gasteiger partial charge in [-0.2, -0.15) is 0 Å². The van der Waals surface area contributed by atoms with E-state index in [0.29, 0.717) is 25.3 Å². The summed E-state index contributed by atoms with van der Waals surface area (Å²) in [7, 11) is 0. The zero-order valence-corrected chi connectivity index (χ0v) is 10.4. The van der Waals surface area contributed by atoms with Crippen LogP contribution >= 0.6 is 0 Å². The Balaban J connectivity index is 2.23. The van der Waals surface area contributed by atoms with Crippen molar-refractivity contribution in [3.05, 3.63) is 53.7 Å². The highest BCUT2D eigenvalue weighted by Gasteiger charge is 2.13. The second-order valence-corrected chi connectivity index (χ2v) is 4.04. The molecule has 0 fully saturated rings. The molecule has 0 bridgehead atoms. The Labute approximate surface area is 106 Å². The number of anilines is 1. The van der Waals surface area contributed by atoms with E-state index in [1.54, 1.807) is 18.4 Å². The molecule has 2 rings (SSSR count). The third kappa shape index (κ3) is 2.54. The Morgan fingerprint density at radius 3 is 2.72 bits per heavy atom. The maximum absolute atomic E-state index is 13.7. The lowest BCUT2D eigenvalue weighted by Gasteiger charge is -2.22. The van der Waals surface area contributed by atoms with Crippen LogP contribution in [0.15, 0.2) is 41.0 Å². The van der Waals surface area contributed by atoms with Crippen LogP contribution in [0, 0.1) is 5.82 Å². The molecule has 18 heavy (non-hydrogen) atoms. The third-order valence-corrected chi connectivity index (χ3v) is 2.97. The highest BCUT2D eigenvalue weighted by molar-refractivity contribution is 5.47. The molecule has 0 amide bonds. The number of hydrogen-bond acceptors (Lipinski definition) is 3. The number of rotatable bonds is 5. The normalized spacial score (nSPS) is 10.6. The molecular weight excluding hydrogens is 231 g/mol. The first-order chi connectivity index (χ1) is 8.76. The van der Waals surface area contributed by atoms with Crippen LogP contribution < -0.4 is 10.6 Å². The fraction of sp³-hybridized carbons (Fsp3) is 0.286. The Kier molecular flexibility index (Phi) is 3.99. The van der Waals surface area contributed by atoms with Crippen LogP contribution in [-0.2, 0) is 13.1 Å². The van der Waals surface area contributed by atoms with E-state index in [1.165, 1.54) is 6.07 Å². The standard InChI is InChI=1S/C14H17FN2O/c1-2-17(13-6-4-3-5-12(13)15)10-14-11(9-16)7-8-18-14/h3-8H,2,9-10,16H2,1H3. The summed E-state index contributed by atoms with van der Waals surface area (Å²) in [5, 5.41) is 0. The van der Waals surface area contributed by atoms with Crippen molar-refractivity contribution in [2.45, 2.75) is 20.0 Å². The average molecular weight is 248 g/mol. The monoisotopic (exact) mass is 248 g/mol. The molecule has 0 aliphatic heterocycles. The molecule has 0 radical (unpaired) electrons. The second kappa shape index (κ2) is 5.69. The van der Waals surface area contributed by atoms with Crippen LogP contribution in [0.1, 0.15) is 18.2 Å². The van der Waals surface area contributed by atoms with Gasteiger partial charge in [0.15, 0.2) is 0 Å². The van der Waals surface area contributed by atoms with Crippen molar-refractivity contribution in [2.75, 3.05) is 11.4 Å². The van der Waals surface area contributed by atoms with Crippen LogP contribution in [0.3, 0.4) is 0 Å². The molecule has 4 heteroatoms. The van der Waals surface area contributed by atoms with Gasteiger partial charge in [0.2, 0.25) is 0 Å². The van der Waals surface area contributed by atoms with Gasteiger partial charge >= 0.3 is 0 Å². The van der Waals surface area contributed by atoms with Crippen molar-refractivity contribution < 1.29 is 8.81 Å². The van der Waals surface area contributed by atoms with E-state index in [-0.39, 0.29) is 5.82 Å². The van der Waals surface area contributed by atoms with Gasteiger partial charge in [0.1, 0.15) is 11.6 Å². The van der Waals surface area contributed by atoms with E-state index >= 15 is 0 Å². The highest BCUT2D eigenvalue weighted by Crippen LogP contribution is 2.22. The summed E-state index contributed by atoms with van der Waals surface area (Å²) < 4.78 is 19.1. The van der Waals surface area contributed by atoms with Gasteiger partial charge in [-0.3, -0.25) is 0 Å². The van der Waals surface area contributed by atoms with Crippen LogP contribution in [-0.4, -0.2) is 6.54 Å². The molecule has 2 N–H and O–H groups in total. The van der Waals surface area contributed by atoms with E-state index in [9.17, 15) is 4.39 Å². The van der Waals surface area contributed by atoms with Crippen molar-refractivity contribution in [1.82, 2.24) is 0 Å². The van der Waals surface area contributed by atoms with Gasteiger partial charge in [0.25, 0.3) is 0 Å². The summed E-state index contributed by atoms with van der Waals surface area (Å²) in [4.78, 5) is 1.92. The van der Waals surface area contributed by atoms with E-state index in [2.05, 4.69) is 0 Å². The number of nitrogens with two attached hydrogens (primary N) is 1. The van der Waals surface area contributed by atoms with Gasteiger partial charge in [0.05, 0.1) is 18.5 Å². The minimum Gasteiger partial charge on any atom is -0.467 e. The Morgan fingerprint density at radius 2 is 2.06 bits per heavy atom. The van der Waals surface area contributed by atoms with Gasteiger partial charge in [-0.05, 0) is 25.1 Å². The van der Waals surface area contributed by atoms with Crippen LogP contribution in [0.4, 0.5) is 10.1 Å². The van der Waals surface area contributed by atoms with Gasteiger partial charge < -0.3 is 15.1 Å². The Hall–Kier alpha value is -1.81. The maximum atomic E-state index is 13.7. The smallest absolute Gasteiger partial charge is 0.146 e. The first-order valence-corrected chi connectivity index (χ1v) is 6.01. The number of furan rings is 1. The predicted octanol–water partition coefficient (Wildman–Crippen LogP) is 2.90. The fourth-order valence-corrected chi connectivity index (χ4v) is 1.94. The fourth-order valence-electron chi connectivity index (χ4n) is 1.94. The molecule has 3 nitrogen and oxygen atoms in total. The van der Waals surface area contributed by atoms with Crippen molar-refractivity contribution >= 4 is 5.69 Å². The van der Waals surface area contributed by atoms with Crippen molar-refractivity contribution in [2.24, 2.45) is 5.73 Å². The second-order valence-electron chi connectivity index (χ2n) is 4.04. The van der Waals surface area contributed by atoms with Gasteiger partial charge in [-0.25, -0.2) is 4.39 Å². The van der Waals surface area contributed by atoms with Crippen LogP contribution in [0.5, 0.6) is 0 Å². The molecule has 0 unspecified atom stereocenters. The number of hydrogen-bond donors (Lipinski definition) is 1. The summed E-state index contributed by atoms with van der Waals surface area (Å²) in [6.07, 6.45) is 1.62. The molecule has 1 heterocycles. The summed E-state index contributed by atoms with van der Waals surface area (Å²) in [5.74, 6) is 0.572. The molecule has 0 atom stereocenters. The van der Waals surface area contributed by atoms with Crippen molar-refractivity contribution in [3.8, 4) is 0 Å². The number of nitrogens with zero attached hydrogens (tertiary/aromatic N) is 1. The third-order valence-electron chi connectivity index (χ3n) is 2.97. The lowest BCUT2D eigenvalue weighted by Crippen LogP contribution is -2.23. The molecule has 0 spiro atoms. The average Bonchev–Trinajstić information content (AvgIpc) is 2.84. The van der Waals surface area contributed by atoms with Gasteiger partial charge in [-0.1, -0.05) is 12.1 Å². The number of benzene rings is 1. The number of halogens is 1. The predicted molar refractivity (Wildman–Crippen MR) is 69.7 cm³/mol. The van der Waals surface area contributed by atoms with Crippen LogP contribution in [0.2, 0.25) is 0 Å². The summed E-state index contributed by atoms with van der Waals surface area (Å²) >= 11 is 0. The zero-order chi connectivity index (χ0) is 13.0. The number of para-hydroxylation sites is 1. The highest BCUT2D eigenvalue weighted by atomic mass is 19.1. The molecule has 1 aromatic carbocycles. The topological polar surface area (TPSA) is 42.4 Å². The lowest BCUT2D eigenvalue weighted by atomic mass is 10.2.